The summed E-state index contributed by atoms with van der Waals surface area (Å²) in [6, 6.07) is 4.54. The summed E-state index contributed by atoms with van der Waals surface area (Å²) >= 11 is 0. The molecule has 8 saturated heterocycles. The van der Waals surface area contributed by atoms with Gasteiger partial charge in [-0.1, -0.05) is 34.6 Å². The van der Waals surface area contributed by atoms with Crippen LogP contribution in [-0.2, 0) is 19.2 Å². The van der Waals surface area contributed by atoms with E-state index in [4.69, 9.17) is 15.3 Å². The van der Waals surface area contributed by atoms with Crippen LogP contribution >= 0.6 is 0 Å². The molecule has 0 spiro atoms. The molecule has 4 amide bonds. The van der Waals surface area contributed by atoms with Crippen LogP contribution in [0, 0.1) is 27.1 Å². The number of aliphatic hydroxyl groups is 4. The van der Waals surface area contributed by atoms with Gasteiger partial charge >= 0.3 is 0 Å². The molecule has 0 aromatic carbocycles. The fourth-order valence-electron chi connectivity index (χ4n) is 20.4. The molecule has 7 N–H and O–H groups in total. The Morgan fingerprint density at radius 2 is 0.586 bits per heavy atom. The van der Waals surface area contributed by atoms with Crippen LogP contribution in [-0.4, -0.2) is 448 Å². The number of carbonyl (C=O) groups excluding carboxylic acids is 4. The van der Waals surface area contributed by atoms with E-state index < -0.39 is 5.60 Å². The van der Waals surface area contributed by atoms with Gasteiger partial charge in [-0.05, 0) is 410 Å². The van der Waals surface area contributed by atoms with Crippen LogP contribution in [0.1, 0.15) is 316 Å². The third kappa shape index (κ3) is 54.8. The third-order valence-electron chi connectivity index (χ3n) is 30.4. The van der Waals surface area contributed by atoms with Crippen LogP contribution < -0.4 is 16.0 Å². The Morgan fingerprint density at radius 1 is 0.323 bits per heavy atom. The van der Waals surface area contributed by atoms with Gasteiger partial charge in [-0.25, -0.2) is 0 Å². The molecular weight excluding hydrogens is 1670 g/mol. The lowest BCUT2D eigenvalue weighted by Crippen LogP contribution is -2.55. The van der Waals surface area contributed by atoms with Gasteiger partial charge in [0.05, 0.1) is 31.8 Å². The van der Waals surface area contributed by atoms with Crippen molar-refractivity contribution in [2.75, 3.05) is 260 Å². The summed E-state index contributed by atoms with van der Waals surface area (Å²) in [7, 11) is 20.9. The first-order valence-electron chi connectivity index (χ1n) is 52.9. The van der Waals surface area contributed by atoms with Gasteiger partial charge < -0.3 is 100 Å². The number of likely N-dealkylation sites (N-methyl/N-ethyl adjacent to an activating group) is 5. The molecule has 0 atom stereocenters. The van der Waals surface area contributed by atoms with Gasteiger partial charge in [-0.15, -0.1) is 0 Å². The van der Waals surface area contributed by atoms with E-state index in [-0.39, 0.29) is 66.3 Å². The Morgan fingerprint density at radius 3 is 0.835 bits per heavy atom. The molecule has 0 bridgehead atoms. The van der Waals surface area contributed by atoms with E-state index in [1.165, 1.54) is 149 Å². The zero-order chi connectivity index (χ0) is 102. The van der Waals surface area contributed by atoms with Crippen LogP contribution in [0.5, 0.6) is 0 Å². The summed E-state index contributed by atoms with van der Waals surface area (Å²) in [5, 5.41) is 45.3. The number of aliphatic hydroxyl groups excluding tert-OH is 3. The lowest BCUT2D eigenvalue weighted by atomic mass is 9.79. The van der Waals surface area contributed by atoms with Crippen molar-refractivity contribution in [3.8, 4) is 0 Å². The number of nitrogens with zero attached hydrogens (tertiary/aromatic N) is 15. The number of amides is 4. The maximum absolute atomic E-state index is 11.9. The molecule has 8 fully saturated rings. The highest BCUT2D eigenvalue weighted by Gasteiger charge is 2.41. The van der Waals surface area contributed by atoms with E-state index in [0.717, 1.165) is 130 Å². The molecule has 0 unspecified atom stereocenters. The van der Waals surface area contributed by atoms with E-state index in [2.05, 4.69) is 314 Å². The lowest BCUT2D eigenvalue weighted by molar-refractivity contribution is -0.130. The Balaban J connectivity index is 0.000000761. The topological polar surface area (TPSA) is 234 Å². The van der Waals surface area contributed by atoms with Crippen molar-refractivity contribution in [1.82, 2.24) is 89.4 Å². The molecule has 0 radical (unpaired) electrons. The fraction of sp³-hybridized carbons (Fsp3) is 0.963. The molecule has 0 aromatic rings. The van der Waals surface area contributed by atoms with Gasteiger partial charge in [0.1, 0.15) is 0 Å². The van der Waals surface area contributed by atoms with Crippen molar-refractivity contribution < 1.29 is 39.6 Å². The third-order valence-corrected chi connectivity index (χ3v) is 30.4. The van der Waals surface area contributed by atoms with E-state index >= 15 is 0 Å². The zero-order valence-corrected chi connectivity index (χ0v) is 94.6. The van der Waals surface area contributed by atoms with Gasteiger partial charge in [0, 0.05) is 197 Å². The Labute approximate surface area is 821 Å². The first-order chi connectivity index (χ1) is 61.2. The highest BCUT2D eigenvalue weighted by molar-refractivity contribution is 5.78. The van der Waals surface area contributed by atoms with Crippen molar-refractivity contribution in [3.63, 3.8) is 0 Å². The normalized spacial score (nSPS) is 21.5. The molecule has 0 aliphatic carbocycles. The standard InChI is InChI=1S/C15H31N3O.C15H33N3.C15H32N2O.C14H28N2O2.C13H28N2O.C12H24N2O2.C12H26N2.C11H22N2O/c1-13(2)18-9-7-15(3,8-10-18)12-17(6)11-14(19)16(4)5;1-14(2)18-9-7-15(3,8-10-18)13-17(6)12-11-16(4)5;1-14(2,3)17-10-7-15(4,8-11-17)13-16(5)9-6-12-18;1-11(2)16-8-6-14(5,7-9-16)15-12(17)10-13(3,4)18;1-12(2)15-7-5-13(3,6-8-15)11-14(4)9-10-16;1-10(2)14-7-5-12(3,6-8-14)13-11(16)4-9-15;1-11(2)14-8-6-12(3,7-9-14)10-13(4)5;1-9(2)13-7-5-11(4,6-8-13)12-10(3)14/h13H,7-12H2,1-6H3;14H,7-13H2,1-6H3;18H,6-13H2,1-5H3;11,18H,6-10H2,1-5H3,(H,15,17);12,16H,5-11H2,1-4H3;10,15H,4-9H2,1-3H3,(H,13,16);11H,6-10H2,1-5H3;9H,5-8H2,1-4H3,(H,12,14). The van der Waals surface area contributed by atoms with E-state index in [1.807, 2.05) is 14.1 Å². The van der Waals surface area contributed by atoms with Crippen molar-refractivity contribution in [2.45, 2.75) is 386 Å². The maximum atomic E-state index is 11.9. The zero-order valence-electron chi connectivity index (χ0n) is 94.6. The predicted octanol–water partition coefficient (Wildman–Crippen LogP) is 12.8. The number of nitrogens with one attached hydrogen (secondary N) is 3. The van der Waals surface area contributed by atoms with Crippen molar-refractivity contribution in [2.24, 2.45) is 27.1 Å². The van der Waals surface area contributed by atoms with Crippen molar-refractivity contribution in [1.29, 1.82) is 0 Å². The molecule has 0 saturated carbocycles. The highest BCUT2D eigenvalue weighted by Crippen LogP contribution is 2.38. The minimum Gasteiger partial charge on any atom is -0.396 e. The summed E-state index contributed by atoms with van der Waals surface area (Å²) in [6.07, 6.45) is 20.3. The Hall–Kier alpha value is -2.84. The SMILES string of the molecule is CC(=O)NC1(C)CCN(C(C)C)CC1.CC(C)N1CCC(C)(CN(C)C)CC1.CC(C)N1CCC(C)(CN(C)CC(=O)N(C)C)CC1.CC(C)N1CCC(C)(CN(C)CCN(C)C)CC1.CC(C)N1CCC(C)(CN(C)CCO)CC1.CC(C)N1CCC(C)(NC(=O)CC(C)(C)O)CC1.CC(C)N1CCC(C)(NC(=O)CCO)CC1.CN(CCCO)CC1(C)CCN(C(C)(C)C)CC1. The lowest BCUT2D eigenvalue weighted by Gasteiger charge is -2.46. The van der Waals surface area contributed by atoms with Crippen molar-refractivity contribution in [3.05, 3.63) is 0 Å². The first-order valence-corrected chi connectivity index (χ1v) is 52.9. The number of likely N-dealkylation sites (tertiary alicyclic amines) is 8. The smallest absolute Gasteiger partial charge is 0.236 e. The molecule has 26 nitrogen and oxygen atoms in total. The molecule has 8 aliphatic heterocycles. The fourth-order valence-corrected chi connectivity index (χ4v) is 20.4. The molecule has 8 heterocycles. The quantitative estimate of drug-likeness (QED) is 0.0317. The average molecular weight is 1890 g/mol. The van der Waals surface area contributed by atoms with Crippen molar-refractivity contribution >= 4 is 23.6 Å². The number of piperidine rings is 8. The van der Waals surface area contributed by atoms with E-state index in [0.29, 0.717) is 82.0 Å². The molecule has 0 aromatic heterocycles. The van der Waals surface area contributed by atoms with Crippen LogP contribution in [0.25, 0.3) is 0 Å². The summed E-state index contributed by atoms with van der Waals surface area (Å²) in [6.45, 7) is 91.4. The first kappa shape index (κ1) is 128. The van der Waals surface area contributed by atoms with E-state index in [9.17, 15) is 24.3 Å². The Kier molecular flexibility index (Phi) is 59.0. The van der Waals surface area contributed by atoms with Gasteiger partial charge in [-0.2, -0.15) is 0 Å². The van der Waals surface area contributed by atoms with Gasteiger partial charge in [0.15, 0.2) is 0 Å². The number of hydrogen-bond donors (Lipinski definition) is 7. The molecular formula is C107H224N18O8. The molecule has 133 heavy (non-hydrogen) atoms. The average Bonchev–Trinajstić information content (AvgIpc) is 0.817. The molecule has 790 valence electrons. The monoisotopic (exact) mass is 1890 g/mol. The molecule has 8 aliphatic rings. The second kappa shape index (κ2) is 61.2. The number of carbonyl (C=O) groups is 4. The number of rotatable bonds is 34. The minimum atomic E-state index is -0.931. The predicted molar refractivity (Wildman–Crippen MR) is 565 cm³/mol. The van der Waals surface area contributed by atoms with E-state index in [1.54, 1.807) is 25.7 Å². The summed E-state index contributed by atoms with van der Waals surface area (Å²) < 4.78 is 0. The highest BCUT2D eigenvalue weighted by atomic mass is 16.3. The summed E-state index contributed by atoms with van der Waals surface area (Å²) in [4.78, 5) is 81.8. The molecule has 8 rings (SSSR count). The Bertz CT molecular complexity index is 3060. The minimum absolute atomic E-state index is 0.0250. The number of hydrogen-bond acceptors (Lipinski definition) is 22. The van der Waals surface area contributed by atoms with Crippen LogP contribution in [0.4, 0.5) is 0 Å². The summed E-state index contributed by atoms with van der Waals surface area (Å²) in [5.41, 5.74) is 1.52. The second-order valence-electron chi connectivity index (χ2n) is 49.6. The van der Waals surface area contributed by atoms with Gasteiger partial charge in [0.25, 0.3) is 0 Å². The van der Waals surface area contributed by atoms with Crippen LogP contribution in [0.15, 0.2) is 0 Å². The van der Waals surface area contributed by atoms with Gasteiger partial charge in [-0.3, -0.25) is 29.0 Å². The van der Waals surface area contributed by atoms with Crippen LogP contribution in [0.3, 0.4) is 0 Å². The van der Waals surface area contributed by atoms with Gasteiger partial charge in [0.2, 0.25) is 23.6 Å². The molecule has 26 heteroatoms. The largest absolute Gasteiger partial charge is 0.396 e. The van der Waals surface area contributed by atoms with Crippen LogP contribution in [0.2, 0.25) is 0 Å². The summed E-state index contributed by atoms with van der Waals surface area (Å²) in [5.74, 6) is 0.183. The second-order valence-corrected chi connectivity index (χ2v) is 49.6. The maximum Gasteiger partial charge on any atom is 0.236 e.